The van der Waals surface area contributed by atoms with E-state index in [1.54, 1.807) is 12.7 Å². The summed E-state index contributed by atoms with van der Waals surface area (Å²) in [5.74, 6) is 0.0355. The molecule has 0 amide bonds. The molecule has 3 nitrogen and oxygen atoms in total. The third kappa shape index (κ3) is 5.59. The van der Waals surface area contributed by atoms with Gasteiger partial charge in [-0.15, -0.1) is 0 Å². The van der Waals surface area contributed by atoms with E-state index in [0.29, 0.717) is 5.82 Å². The Labute approximate surface area is 306 Å². The Hall–Kier alpha value is -5.32. The van der Waals surface area contributed by atoms with E-state index >= 15 is 0 Å². The SMILES string of the molecule is [2H]C1(c2ccc3c(c2-c2cccc(-c4ccc(-c5ncncn5)c(-c5ccccc5)c4-c4ccccc4)c2)Sc2ccccc2C3(C)C)CCCC1. The molecule has 0 atom stereocenters. The third-order valence-electron chi connectivity index (χ3n) is 10.7. The normalized spacial score (nSPS) is 15.8. The first-order valence-corrected chi connectivity index (χ1v) is 18.7. The first-order valence-electron chi connectivity index (χ1n) is 18.4. The van der Waals surface area contributed by atoms with E-state index in [-0.39, 0.29) is 5.41 Å². The van der Waals surface area contributed by atoms with Crippen LogP contribution in [0.5, 0.6) is 0 Å². The molecule has 1 saturated carbocycles. The van der Waals surface area contributed by atoms with Gasteiger partial charge in [0.2, 0.25) is 0 Å². The molecule has 2 aliphatic rings. The van der Waals surface area contributed by atoms with Crippen LogP contribution in [0.2, 0.25) is 0 Å². The molecule has 1 aliphatic heterocycles. The Morgan fingerprint density at radius 2 is 1.20 bits per heavy atom. The minimum absolute atomic E-state index is 0.164. The van der Waals surface area contributed by atoms with Crippen molar-refractivity contribution >= 4 is 11.8 Å². The van der Waals surface area contributed by atoms with Crippen LogP contribution in [0.15, 0.2) is 156 Å². The number of hydrogen-bond donors (Lipinski definition) is 0. The molecular weight excluding hydrogens is 639 g/mol. The second kappa shape index (κ2) is 13.1. The van der Waals surface area contributed by atoms with Gasteiger partial charge >= 0.3 is 0 Å². The van der Waals surface area contributed by atoms with Crippen LogP contribution < -0.4 is 0 Å². The molecule has 51 heavy (non-hydrogen) atoms. The number of rotatable bonds is 6. The van der Waals surface area contributed by atoms with Crippen LogP contribution in [-0.4, -0.2) is 15.0 Å². The zero-order chi connectivity index (χ0) is 35.3. The molecule has 0 N–H and O–H groups in total. The van der Waals surface area contributed by atoms with Gasteiger partial charge < -0.3 is 0 Å². The van der Waals surface area contributed by atoms with Gasteiger partial charge in [-0.05, 0) is 92.6 Å². The average molecular weight is 679 g/mol. The van der Waals surface area contributed by atoms with Crippen molar-refractivity contribution in [3.8, 4) is 55.9 Å². The number of fused-ring (bicyclic) bond motifs is 2. The Bertz CT molecular complexity index is 2420. The first kappa shape index (κ1) is 30.5. The molecule has 0 radical (unpaired) electrons. The minimum atomic E-state index is -0.607. The summed E-state index contributed by atoms with van der Waals surface area (Å²) in [7, 11) is 0. The number of hydrogen-bond acceptors (Lipinski definition) is 4. The predicted octanol–water partition coefficient (Wildman–Crippen LogP) is 12.7. The summed E-state index contributed by atoms with van der Waals surface area (Å²) in [6, 6.07) is 48.1. The molecule has 7 aromatic rings. The average Bonchev–Trinajstić information content (AvgIpc) is 3.65. The van der Waals surface area contributed by atoms with Gasteiger partial charge in [0.1, 0.15) is 12.7 Å². The lowest BCUT2D eigenvalue weighted by Crippen LogP contribution is -2.24. The summed E-state index contributed by atoms with van der Waals surface area (Å²) < 4.78 is 9.84. The quantitative estimate of drug-likeness (QED) is 0.175. The van der Waals surface area contributed by atoms with E-state index in [2.05, 4.69) is 162 Å². The maximum atomic E-state index is 9.84. The summed E-state index contributed by atoms with van der Waals surface area (Å²) in [5.41, 5.74) is 13.7. The fraction of sp³-hybridized carbons (Fsp3) is 0.170. The molecule has 0 unspecified atom stereocenters. The highest BCUT2D eigenvalue weighted by Gasteiger charge is 2.36. The number of nitrogens with zero attached hydrogens (tertiary/aromatic N) is 3. The highest BCUT2D eigenvalue weighted by atomic mass is 32.2. The molecule has 1 fully saturated rings. The van der Waals surface area contributed by atoms with Crippen LogP contribution >= 0.6 is 11.8 Å². The zero-order valence-corrected chi connectivity index (χ0v) is 29.8. The summed E-state index contributed by atoms with van der Waals surface area (Å²) in [5, 5.41) is 0. The largest absolute Gasteiger partial charge is 0.225 e. The van der Waals surface area contributed by atoms with Crippen LogP contribution in [0.1, 0.15) is 63.5 Å². The summed E-state index contributed by atoms with van der Waals surface area (Å²) in [6.45, 7) is 4.70. The number of benzene rings is 6. The highest BCUT2D eigenvalue weighted by molar-refractivity contribution is 7.99. The molecule has 248 valence electrons. The molecule has 1 aromatic heterocycles. The van der Waals surface area contributed by atoms with Crippen molar-refractivity contribution in [2.45, 2.75) is 60.6 Å². The minimum Gasteiger partial charge on any atom is -0.225 e. The second-order valence-electron chi connectivity index (χ2n) is 14.1. The molecule has 1 aliphatic carbocycles. The molecule has 6 aromatic carbocycles. The van der Waals surface area contributed by atoms with E-state index in [9.17, 15) is 1.37 Å². The van der Waals surface area contributed by atoms with Crippen molar-refractivity contribution in [2.75, 3.05) is 0 Å². The smallest absolute Gasteiger partial charge is 0.163 e. The molecule has 4 heteroatoms. The maximum Gasteiger partial charge on any atom is 0.163 e. The topological polar surface area (TPSA) is 38.7 Å². The molecular formula is C47H39N3S. The van der Waals surface area contributed by atoms with E-state index in [0.717, 1.165) is 75.8 Å². The lowest BCUT2D eigenvalue weighted by molar-refractivity contribution is 0.605. The van der Waals surface area contributed by atoms with E-state index in [1.807, 2.05) is 11.8 Å². The Balaban J connectivity index is 1.31. The van der Waals surface area contributed by atoms with E-state index in [1.165, 1.54) is 26.5 Å². The maximum absolute atomic E-state index is 9.84. The zero-order valence-electron chi connectivity index (χ0n) is 29.9. The fourth-order valence-corrected chi connectivity index (χ4v) is 9.78. The monoisotopic (exact) mass is 678 g/mol. The van der Waals surface area contributed by atoms with Crippen LogP contribution in [0, 0.1) is 0 Å². The standard InChI is InChI=1S/C47H39N3S/c1-47(2)39-22-11-12-23-41(39)51-45-40(47)27-26-36(31-14-9-10-15-31)44(45)35-21-13-20-34(28-35)37-24-25-38(46-49-29-48-30-50-46)43(33-18-7-4-8-19-33)42(37)32-16-5-3-6-17-32/h3-8,11-13,16-31H,9-10,14-15H2,1-2H3/i31D. The first-order chi connectivity index (χ1) is 25.4. The van der Waals surface area contributed by atoms with Gasteiger partial charge in [-0.3, -0.25) is 0 Å². The van der Waals surface area contributed by atoms with E-state index in [4.69, 9.17) is 0 Å². The van der Waals surface area contributed by atoms with Crippen LogP contribution in [0.3, 0.4) is 0 Å². The Morgan fingerprint density at radius 3 is 1.92 bits per heavy atom. The van der Waals surface area contributed by atoms with Crippen LogP contribution in [0.25, 0.3) is 55.9 Å². The second-order valence-corrected chi connectivity index (χ2v) is 15.1. The Kier molecular flexibility index (Phi) is 7.83. The lowest BCUT2D eigenvalue weighted by atomic mass is 9.75. The summed E-state index contributed by atoms with van der Waals surface area (Å²) in [6.07, 6.45) is 7.10. The van der Waals surface area contributed by atoms with Gasteiger partial charge in [0.15, 0.2) is 5.82 Å². The van der Waals surface area contributed by atoms with Gasteiger partial charge in [-0.1, -0.05) is 154 Å². The van der Waals surface area contributed by atoms with Gasteiger partial charge in [-0.2, -0.15) is 0 Å². The van der Waals surface area contributed by atoms with Crippen LogP contribution in [-0.2, 0) is 5.41 Å². The van der Waals surface area contributed by atoms with Gasteiger partial charge in [0, 0.05) is 27.7 Å². The van der Waals surface area contributed by atoms with Crippen molar-refractivity contribution < 1.29 is 1.37 Å². The molecule has 0 saturated heterocycles. The van der Waals surface area contributed by atoms with Gasteiger partial charge in [0.25, 0.3) is 0 Å². The number of aromatic nitrogens is 3. The van der Waals surface area contributed by atoms with Crippen LogP contribution in [0.4, 0.5) is 0 Å². The summed E-state index contributed by atoms with van der Waals surface area (Å²) in [4.78, 5) is 15.9. The molecule has 0 spiro atoms. The highest BCUT2D eigenvalue weighted by Crippen LogP contribution is 2.55. The Morgan fingerprint density at radius 1 is 0.588 bits per heavy atom. The van der Waals surface area contributed by atoms with E-state index < -0.39 is 5.89 Å². The fourth-order valence-electron chi connectivity index (χ4n) is 8.22. The van der Waals surface area contributed by atoms with Crippen molar-refractivity contribution in [1.29, 1.82) is 0 Å². The molecule has 0 bridgehead atoms. The van der Waals surface area contributed by atoms with Crippen molar-refractivity contribution in [3.63, 3.8) is 0 Å². The summed E-state index contributed by atoms with van der Waals surface area (Å²) >= 11 is 1.88. The predicted molar refractivity (Wildman–Crippen MR) is 211 cm³/mol. The third-order valence-corrected chi connectivity index (χ3v) is 11.9. The van der Waals surface area contributed by atoms with Gasteiger partial charge in [-0.25, -0.2) is 15.0 Å². The molecule has 9 rings (SSSR count). The van der Waals surface area contributed by atoms with Crippen molar-refractivity contribution in [1.82, 2.24) is 15.0 Å². The van der Waals surface area contributed by atoms with Crippen molar-refractivity contribution in [2.24, 2.45) is 0 Å². The van der Waals surface area contributed by atoms with Gasteiger partial charge in [0.05, 0.1) is 0 Å². The molecule has 2 heterocycles. The van der Waals surface area contributed by atoms with Crippen molar-refractivity contribution in [3.05, 3.63) is 163 Å². The lowest BCUT2D eigenvalue weighted by Gasteiger charge is -2.37.